The first-order valence-electron chi connectivity index (χ1n) is 18.0. The third-order valence-corrected chi connectivity index (χ3v) is 8.49. The molecule has 0 aromatic heterocycles. The van der Waals surface area contributed by atoms with Crippen molar-refractivity contribution in [2.75, 3.05) is 0 Å². The van der Waals surface area contributed by atoms with Crippen LogP contribution < -0.4 is 10.6 Å². The molecule has 41 heavy (non-hydrogen) atoms. The van der Waals surface area contributed by atoms with Crippen LogP contribution in [0.5, 0.6) is 0 Å². The Bertz CT molecular complexity index is 616. The fraction of sp³-hybridized carbons (Fsp3) is 0.838. The van der Waals surface area contributed by atoms with Gasteiger partial charge < -0.3 is 10.6 Å². The second-order valence-corrected chi connectivity index (χ2v) is 12.6. The maximum atomic E-state index is 12.4. The minimum atomic E-state index is 0.190. The van der Waals surface area contributed by atoms with Gasteiger partial charge in [-0.15, -0.1) is 0 Å². The quantitative estimate of drug-likeness (QED) is 0.0723. The molecule has 1 saturated carbocycles. The lowest BCUT2D eigenvalue weighted by atomic mass is 10.1. The lowest BCUT2D eigenvalue weighted by Crippen LogP contribution is -2.37. The summed E-state index contributed by atoms with van der Waals surface area (Å²) >= 11 is 0. The van der Waals surface area contributed by atoms with Crippen molar-refractivity contribution in [1.29, 1.82) is 0 Å². The maximum Gasteiger partial charge on any atom is 0.220 e. The number of hydrogen-bond acceptors (Lipinski definition) is 2. The molecule has 238 valence electrons. The highest BCUT2D eigenvalue weighted by atomic mass is 16.2. The van der Waals surface area contributed by atoms with E-state index in [-0.39, 0.29) is 23.9 Å². The molecule has 0 aromatic carbocycles. The van der Waals surface area contributed by atoms with Crippen molar-refractivity contribution in [3.05, 3.63) is 24.3 Å². The van der Waals surface area contributed by atoms with E-state index in [0.29, 0.717) is 12.8 Å². The van der Waals surface area contributed by atoms with Gasteiger partial charge in [0.15, 0.2) is 0 Å². The summed E-state index contributed by atoms with van der Waals surface area (Å²) in [5.41, 5.74) is 0. The van der Waals surface area contributed by atoms with Crippen LogP contribution in [-0.2, 0) is 9.59 Å². The molecule has 0 aliphatic heterocycles. The summed E-state index contributed by atoms with van der Waals surface area (Å²) in [6.07, 6.45) is 41.0. The standard InChI is InChI=1S/C37H68N2O2/c1-3-5-7-9-11-13-15-17-19-21-23-25-27-29-36(40)38-34-31-32-35(33-34)39-37(41)30-28-26-24-22-20-18-16-14-12-10-8-6-4-2/h13-16,34-35H,3-12,17-33H2,1-2H3,(H,38,40)(H,39,41)/b15-13-,16-14-/t34-,35+. The number of rotatable bonds is 28. The molecule has 0 aromatic rings. The Morgan fingerprint density at radius 1 is 0.488 bits per heavy atom. The van der Waals surface area contributed by atoms with Crippen LogP contribution in [-0.4, -0.2) is 23.9 Å². The summed E-state index contributed by atoms with van der Waals surface area (Å²) < 4.78 is 0. The van der Waals surface area contributed by atoms with Gasteiger partial charge in [0.1, 0.15) is 0 Å². The molecule has 2 amide bonds. The Balaban J connectivity index is 1.91. The van der Waals surface area contributed by atoms with Crippen LogP contribution in [0.3, 0.4) is 0 Å². The third kappa shape index (κ3) is 24.7. The van der Waals surface area contributed by atoms with Crippen LogP contribution in [0.2, 0.25) is 0 Å². The first-order chi connectivity index (χ1) is 20.2. The summed E-state index contributed by atoms with van der Waals surface area (Å²) in [4.78, 5) is 24.7. The van der Waals surface area contributed by atoms with E-state index in [1.807, 2.05) is 0 Å². The molecule has 0 radical (unpaired) electrons. The van der Waals surface area contributed by atoms with E-state index in [4.69, 9.17) is 0 Å². The molecular weight excluding hydrogens is 504 g/mol. The van der Waals surface area contributed by atoms with Crippen LogP contribution in [0.15, 0.2) is 24.3 Å². The number of hydrogen-bond donors (Lipinski definition) is 2. The van der Waals surface area contributed by atoms with Crippen LogP contribution >= 0.6 is 0 Å². The van der Waals surface area contributed by atoms with Gasteiger partial charge in [-0.2, -0.15) is 0 Å². The lowest BCUT2D eigenvalue weighted by Gasteiger charge is -2.15. The van der Waals surface area contributed by atoms with E-state index in [1.54, 1.807) is 0 Å². The fourth-order valence-electron chi connectivity index (χ4n) is 5.85. The predicted molar refractivity (Wildman–Crippen MR) is 178 cm³/mol. The number of unbranched alkanes of at least 4 members (excludes halogenated alkanes) is 18. The lowest BCUT2D eigenvalue weighted by molar-refractivity contribution is -0.122. The molecule has 0 saturated heterocycles. The molecular formula is C37H68N2O2. The monoisotopic (exact) mass is 573 g/mol. The normalized spacial score (nSPS) is 17.1. The second-order valence-electron chi connectivity index (χ2n) is 12.6. The Hall–Kier alpha value is -1.58. The Labute approximate surface area is 255 Å². The van der Waals surface area contributed by atoms with Crippen LogP contribution in [0.25, 0.3) is 0 Å². The molecule has 0 bridgehead atoms. The van der Waals surface area contributed by atoms with Gasteiger partial charge in [-0.25, -0.2) is 0 Å². The molecule has 1 fully saturated rings. The van der Waals surface area contributed by atoms with Gasteiger partial charge in [0.25, 0.3) is 0 Å². The first-order valence-corrected chi connectivity index (χ1v) is 18.0. The van der Waals surface area contributed by atoms with E-state index >= 15 is 0 Å². The zero-order valence-electron chi connectivity index (χ0n) is 27.4. The number of amides is 2. The van der Waals surface area contributed by atoms with Gasteiger partial charge in [0.2, 0.25) is 11.8 Å². The van der Waals surface area contributed by atoms with Crippen molar-refractivity contribution < 1.29 is 9.59 Å². The summed E-state index contributed by atoms with van der Waals surface area (Å²) in [6, 6.07) is 0.457. The molecule has 1 aliphatic carbocycles. The van der Waals surface area contributed by atoms with Gasteiger partial charge in [-0.3, -0.25) is 9.59 Å². The van der Waals surface area contributed by atoms with Crippen LogP contribution in [0.4, 0.5) is 0 Å². The molecule has 0 spiro atoms. The third-order valence-electron chi connectivity index (χ3n) is 8.49. The van der Waals surface area contributed by atoms with Gasteiger partial charge >= 0.3 is 0 Å². The predicted octanol–water partition coefficient (Wildman–Crippen LogP) is 10.7. The number of nitrogens with one attached hydrogen (secondary N) is 2. The Morgan fingerprint density at radius 2 is 0.805 bits per heavy atom. The zero-order valence-corrected chi connectivity index (χ0v) is 27.4. The summed E-state index contributed by atoms with van der Waals surface area (Å²) in [7, 11) is 0. The van der Waals surface area contributed by atoms with E-state index < -0.39 is 0 Å². The van der Waals surface area contributed by atoms with Crippen molar-refractivity contribution in [3.8, 4) is 0 Å². The van der Waals surface area contributed by atoms with Crippen molar-refractivity contribution >= 4 is 11.8 Å². The Kier molecular flexibility index (Phi) is 26.1. The largest absolute Gasteiger partial charge is 0.353 e. The average molecular weight is 573 g/mol. The van der Waals surface area contributed by atoms with Crippen molar-refractivity contribution in [1.82, 2.24) is 10.6 Å². The number of carbonyl (C=O) groups excluding carboxylic acids is 2. The van der Waals surface area contributed by atoms with Crippen molar-refractivity contribution in [2.24, 2.45) is 0 Å². The maximum absolute atomic E-state index is 12.4. The van der Waals surface area contributed by atoms with Gasteiger partial charge in [0.05, 0.1) is 0 Å². The van der Waals surface area contributed by atoms with Gasteiger partial charge in [0, 0.05) is 24.9 Å². The molecule has 1 aliphatic rings. The molecule has 2 atom stereocenters. The van der Waals surface area contributed by atoms with E-state index in [2.05, 4.69) is 48.8 Å². The molecule has 0 unspecified atom stereocenters. The topological polar surface area (TPSA) is 58.2 Å². The summed E-state index contributed by atoms with van der Waals surface area (Å²) in [5.74, 6) is 0.380. The average Bonchev–Trinajstić information content (AvgIpc) is 3.39. The van der Waals surface area contributed by atoms with Crippen LogP contribution in [0, 0.1) is 0 Å². The minimum absolute atomic E-state index is 0.190. The van der Waals surface area contributed by atoms with Crippen molar-refractivity contribution in [2.45, 2.75) is 199 Å². The zero-order chi connectivity index (χ0) is 29.6. The van der Waals surface area contributed by atoms with E-state index in [9.17, 15) is 9.59 Å². The smallest absolute Gasteiger partial charge is 0.220 e. The molecule has 4 heteroatoms. The van der Waals surface area contributed by atoms with Gasteiger partial charge in [-0.1, -0.05) is 115 Å². The van der Waals surface area contributed by atoms with Crippen LogP contribution in [0.1, 0.15) is 187 Å². The first kappa shape index (κ1) is 37.4. The van der Waals surface area contributed by atoms with E-state index in [1.165, 1.54) is 116 Å². The second kappa shape index (κ2) is 28.5. The molecule has 2 N–H and O–H groups in total. The highest BCUT2D eigenvalue weighted by Crippen LogP contribution is 2.20. The molecule has 0 heterocycles. The van der Waals surface area contributed by atoms with E-state index in [0.717, 1.165) is 44.9 Å². The SMILES string of the molecule is CCCCCC/C=C\CCCCCCCC(=O)N[C@@H]1CC[C@H](NC(=O)CCCCCCC/C=C\CCCCCC)C1. The van der Waals surface area contributed by atoms with Crippen molar-refractivity contribution in [3.63, 3.8) is 0 Å². The molecule has 1 rings (SSSR count). The Morgan fingerprint density at radius 3 is 1.17 bits per heavy atom. The number of allylic oxidation sites excluding steroid dienone is 4. The highest BCUT2D eigenvalue weighted by molar-refractivity contribution is 5.77. The number of carbonyl (C=O) groups is 2. The summed E-state index contributed by atoms with van der Waals surface area (Å²) in [6.45, 7) is 4.52. The minimum Gasteiger partial charge on any atom is -0.353 e. The molecule has 4 nitrogen and oxygen atoms in total. The fourth-order valence-corrected chi connectivity index (χ4v) is 5.85. The summed E-state index contributed by atoms with van der Waals surface area (Å²) in [5, 5.41) is 6.43. The van der Waals surface area contributed by atoms with Gasteiger partial charge in [-0.05, 0) is 83.5 Å². The highest BCUT2D eigenvalue weighted by Gasteiger charge is 2.26.